The van der Waals surface area contributed by atoms with Gasteiger partial charge < -0.3 is 4.57 Å². The minimum atomic E-state index is -0.461. The van der Waals surface area contributed by atoms with Gasteiger partial charge in [0, 0.05) is 16.5 Å². The maximum Gasteiger partial charge on any atom is 0.182 e. The van der Waals surface area contributed by atoms with Crippen LogP contribution in [-0.2, 0) is 5.41 Å². The lowest BCUT2D eigenvalue weighted by atomic mass is 9.67. The van der Waals surface area contributed by atoms with Gasteiger partial charge in [0.05, 0.1) is 22.1 Å². The summed E-state index contributed by atoms with van der Waals surface area (Å²) in [5, 5.41) is 6.39. The molecule has 1 aliphatic rings. The number of para-hydroxylation sites is 2. The topological polar surface area (TPSA) is 35.1 Å². The van der Waals surface area contributed by atoms with Crippen molar-refractivity contribution < 1.29 is 0 Å². The molecule has 0 amide bonds. The van der Waals surface area contributed by atoms with E-state index in [1.165, 1.54) is 44.5 Å². The number of hydrogen-bond donors (Lipinski definition) is 0. The lowest BCUT2D eigenvalue weighted by molar-refractivity contribution is 0.769. The van der Waals surface area contributed by atoms with Crippen LogP contribution in [0.15, 0.2) is 218 Å². The lowest BCUT2D eigenvalue weighted by Crippen LogP contribution is -2.28. The highest BCUT2D eigenvalue weighted by Gasteiger charge is 2.46. The monoisotopic (exact) mass is 752 g/mol. The second-order valence-electron chi connectivity index (χ2n) is 15.4. The lowest BCUT2D eigenvalue weighted by Gasteiger charge is -2.34. The summed E-state index contributed by atoms with van der Waals surface area (Å²) in [5.74, 6) is 0.692. The van der Waals surface area contributed by atoms with E-state index in [9.17, 15) is 0 Å². The Kier molecular flexibility index (Phi) is 7.41. The summed E-state index contributed by atoms with van der Waals surface area (Å²) in [6, 6.07) is 78.7. The molecule has 4 heteroatoms. The minimum absolute atomic E-state index is 0.461. The number of nitrogens with zero attached hydrogens (tertiary/aromatic N) is 4. The van der Waals surface area contributed by atoms with E-state index >= 15 is 0 Å². The second-order valence-corrected chi connectivity index (χ2v) is 15.4. The van der Waals surface area contributed by atoms with E-state index in [1.807, 2.05) is 4.52 Å². The van der Waals surface area contributed by atoms with Crippen LogP contribution in [0.2, 0.25) is 0 Å². The SMILES string of the molecule is c1ccc(-c2ccccc2-n2c3ccccc3c3c2ccc2nc(-c4cccc(-c5ccc6c(c5)C(c5ccccc5)(c5ccccc5)c5ccccc5-6)c4)nn23)cc1. The molecule has 8 aromatic carbocycles. The van der Waals surface area contributed by atoms with Crippen molar-refractivity contribution in [3.63, 3.8) is 0 Å². The van der Waals surface area contributed by atoms with Crippen LogP contribution in [0.1, 0.15) is 22.3 Å². The molecule has 1 aliphatic carbocycles. The van der Waals surface area contributed by atoms with Gasteiger partial charge in [-0.15, -0.1) is 5.10 Å². The first kappa shape index (κ1) is 33.3. The number of rotatable bonds is 6. The fraction of sp³-hybridized carbons (Fsp3) is 0.0182. The summed E-state index contributed by atoms with van der Waals surface area (Å²) in [7, 11) is 0. The van der Waals surface area contributed by atoms with Crippen molar-refractivity contribution in [2.45, 2.75) is 5.41 Å². The quantitative estimate of drug-likeness (QED) is 0.170. The zero-order valence-electron chi connectivity index (χ0n) is 32.1. The number of fused-ring (bicyclic) bond motifs is 8. The molecular weight excluding hydrogens is 717 g/mol. The summed E-state index contributed by atoms with van der Waals surface area (Å²) >= 11 is 0. The summed E-state index contributed by atoms with van der Waals surface area (Å²) < 4.78 is 4.40. The van der Waals surface area contributed by atoms with Crippen molar-refractivity contribution >= 4 is 27.6 Å². The van der Waals surface area contributed by atoms with Gasteiger partial charge in [-0.1, -0.05) is 182 Å². The van der Waals surface area contributed by atoms with E-state index < -0.39 is 5.41 Å². The van der Waals surface area contributed by atoms with Crippen LogP contribution in [0.25, 0.3) is 78.0 Å². The summed E-state index contributed by atoms with van der Waals surface area (Å²) in [6.45, 7) is 0. The fourth-order valence-electron chi connectivity index (χ4n) is 9.74. The van der Waals surface area contributed by atoms with Gasteiger partial charge in [-0.05, 0) is 86.5 Å². The van der Waals surface area contributed by atoms with Crippen molar-refractivity contribution in [2.24, 2.45) is 0 Å². The smallest absolute Gasteiger partial charge is 0.182 e. The Hall–Kier alpha value is -7.82. The van der Waals surface area contributed by atoms with Crippen LogP contribution >= 0.6 is 0 Å². The fourth-order valence-corrected chi connectivity index (χ4v) is 9.74. The van der Waals surface area contributed by atoms with Crippen molar-refractivity contribution in [2.75, 3.05) is 0 Å². The Morgan fingerprint density at radius 1 is 0.390 bits per heavy atom. The van der Waals surface area contributed by atoms with E-state index in [1.54, 1.807) is 0 Å². The molecule has 0 spiro atoms. The molecular formula is C55H36N4. The van der Waals surface area contributed by atoms with Crippen LogP contribution in [-0.4, -0.2) is 19.2 Å². The molecule has 0 atom stereocenters. The standard InChI is InChI=1S/C55H36N4/c1-4-17-37(18-5-1)43-25-11-14-29-49(43)58-50-30-15-12-27-46(50)53-51(58)33-34-52-56-54(57-59(52)53)40-20-16-19-38(35-40)39-31-32-45-44-26-10-13-28-47(44)55(48(45)36-39,41-21-6-2-7-22-41)42-23-8-3-9-24-42/h1-36H. The predicted molar refractivity (Wildman–Crippen MR) is 241 cm³/mol. The molecule has 0 fully saturated rings. The van der Waals surface area contributed by atoms with Gasteiger partial charge in [0.2, 0.25) is 0 Å². The Morgan fingerprint density at radius 2 is 1.00 bits per heavy atom. The molecule has 0 bridgehead atoms. The van der Waals surface area contributed by atoms with Gasteiger partial charge in [0.1, 0.15) is 5.52 Å². The number of benzene rings is 8. The summed E-state index contributed by atoms with van der Waals surface area (Å²) in [6.07, 6.45) is 0. The largest absolute Gasteiger partial charge is 0.307 e. The Bertz CT molecular complexity index is 3340. The highest BCUT2D eigenvalue weighted by atomic mass is 15.3. The first-order valence-corrected chi connectivity index (χ1v) is 20.2. The number of aromatic nitrogens is 4. The zero-order chi connectivity index (χ0) is 38.9. The maximum atomic E-state index is 5.26. The Morgan fingerprint density at radius 3 is 1.80 bits per heavy atom. The van der Waals surface area contributed by atoms with E-state index in [-0.39, 0.29) is 0 Å². The normalized spacial score (nSPS) is 12.9. The molecule has 0 saturated carbocycles. The van der Waals surface area contributed by atoms with Crippen molar-refractivity contribution in [3.8, 4) is 50.5 Å². The van der Waals surface area contributed by atoms with Gasteiger partial charge in [0.15, 0.2) is 11.5 Å². The summed E-state index contributed by atoms with van der Waals surface area (Å²) in [5.41, 5.74) is 18.0. The first-order valence-electron chi connectivity index (χ1n) is 20.2. The molecule has 0 aliphatic heterocycles. The average Bonchev–Trinajstić information content (AvgIpc) is 3.99. The van der Waals surface area contributed by atoms with Crippen LogP contribution < -0.4 is 0 Å². The molecule has 3 heterocycles. The van der Waals surface area contributed by atoms with Crippen LogP contribution in [0.5, 0.6) is 0 Å². The summed E-state index contributed by atoms with van der Waals surface area (Å²) in [4.78, 5) is 5.15. The number of pyridine rings is 1. The van der Waals surface area contributed by atoms with Crippen molar-refractivity contribution in [1.29, 1.82) is 0 Å². The van der Waals surface area contributed by atoms with Gasteiger partial charge in [-0.25, -0.2) is 9.50 Å². The molecule has 12 rings (SSSR count). The number of hydrogen-bond acceptors (Lipinski definition) is 2. The van der Waals surface area contributed by atoms with Gasteiger partial charge in [-0.3, -0.25) is 0 Å². The second kappa shape index (κ2) is 13.1. The molecule has 0 radical (unpaired) electrons. The van der Waals surface area contributed by atoms with E-state index in [0.29, 0.717) is 5.82 Å². The van der Waals surface area contributed by atoms with Crippen molar-refractivity contribution in [1.82, 2.24) is 19.2 Å². The molecule has 4 nitrogen and oxygen atoms in total. The van der Waals surface area contributed by atoms with E-state index in [0.717, 1.165) is 50.0 Å². The predicted octanol–water partition coefficient (Wildman–Crippen LogP) is 13.2. The highest BCUT2D eigenvalue weighted by molar-refractivity contribution is 6.08. The van der Waals surface area contributed by atoms with Crippen LogP contribution in [0, 0.1) is 0 Å². The van der Waals surface area contributed by atoms with E-state index in [4.69, 9.17) is 10.1 Å². The van der Waals surface area contributed by atoms with Gasteiger partial charge in [-0.2, -0.15) is 0 Å². The molecule has 59 heavy (non-hydrogen) atoms. The first-order chi connectivity index (χ1) is 29.3. The minimum Gasteiger partial charge on any atom is -0.307 e. The molecule has 3 aromatic heterocycles. The molecule has 0 saturated heterocycles. The maximum absolute atomic E-state index is 5.26. The average molecular weight is 753 g/mol. The van der Waals surface area contributed by atoms with Crippen LogP contribution in [0.4, 0.5) is 0 Å². The molecule has 276 valence electrons. The van der Waals surface area contributed by atoms with E-state index in [2.05, 4.69) is 223 Å². The molecule has 0 unspecified atom stereocenters. The Labute approximate surface area is 341 Å². The van der Waals surface area contributed by atoms with Gasteiger partial charge in [0.25, 0.3) is 0 Å². The highest BCUT2D eigenvalue weighted by Crippen LogP contribution is 2.56. The third kappa shape index (κ3) is 4.96. The zero-order valence-corrected chi connectivity index (χ0v) is 32.1. The van der Waals surface area contributed by atoms with Crippen LogP contribution in [0.3, 0.4) is 0 Å². The third-order valence-corrected chi connectivity index (χ3v) is 12.3. The molecule has 11 aromatic rings. The third-order valence-electron chi connectivity index (χ3n) is 12.3. The van der Waals surface area contributed by atoms with Gasteiger partial charge >= 0.3 is 0 Å². The molecule has 0 N–H and O–H groups in total. The van der Waals surface area contributed by atoms with Crippen molar-refractivity contribution in [3.05, 3.63) is 241 Å². The Balaban J connectivity index is 1.01.